The van der Waals surface area contributed by atoms with E-state index in [1.807, 2.05) is 12.1 Å². The van der Waals surface area contributed by atoms with E-state index < -0.39 is 69.4 Å². The van der Waals surface area contributed by atoms with Crippen molar-refractivity contribution >= 4 is 92.1 Å². The van der Waals surface area contributed by atoms with Gasteiger partial charge < -0.3 is 8.83 Å². The van der Waals surface area contributed by atoms with Crippen LogP contribution in [0.3, 0.4) is 0 Å². The standard InChI is InChI=1S/C22H18N4O6.C22H14N4O2.C12H10N2O4.C12H8N2O2.C10H6O4.C10H6O2S2/c27-21(19-11-5-9-17(25(19)31)15-7-1-3-13-23(15)29)22(28)20-12-6-10-18(26(20)32)16-8-2-4-14-24(16)30;27-21(19-11-5-9-17(25-19)15-7-1-3-13-23-15)22(28)20-12-6-10-18(26-20)16-8-2-4-14-24-16;15-11(9-5-1-3-7-13(9)17)12(16)10-6-2-4-8-14(10)18;15-11(9-5-1-3-7-13-9)12(16)10-6-2-4-8-14-10;2*11-9(7-3-1-5-13-7)10(12)8-4-2-6-14-8/h1-14,29-32H;1-14H;1-8,17-18H;1-8H;2*1-6H/q+4;;+2;;;. The van der Waals surface area contributed by atoms with Gasteiger partial charge in [-0.05, 0) is 156 Å². The van der Waals surface area contributed by atoms with Gasteiger partial charge in [0.1, 0.15) is 22.8 Å². The molecule has 0 saturated carbocycles. The number of aromatic nitrogens is 12. The molecule has 32 nitrogen and oxygen atoms in total. The zero-order valence-electron chi connectivity index (χ0n) is 62.9. The topological polar surface area (TPSA) is 453 Å². The van der Waals surface area contributed by atoms with Gasteiger partial charge in [-0.3, -0.25) is 109 Å². The van der Waals surface area contributed by atoms with Crippen molar-refractivity contribution in [3.63, 3.8) is 0 Å². The van der Waals surface area contributed by atoms with Gasteiger partial charge in [0.2, 0.25) is 36.4 Å². The molecule has 6 N–H and O–H groups in total. The molecule has 16 aromatic rings. The van der Waals surface area contributed by atoms with E-state index in [-0.39, 0.29) is 79.8 Å². The highest BCUT2D eigenvalue weighted by Gasteiger charge is 2.40. The molecule has 600 valence electrons. The van der Waals surface area contributed by atoms with E-state index >= 15 is 0 Å². The van der Waals surface area contributed by atoms with E-state index in [9.17, 15) is 88.8 Å². The van der Waals surface area contributed by atoms with Crippen molar-refractivity contribution in [3.05, 3.63) is 407 Å². The fourth-order valence-corrected chi connectivity index (χ4v) is 12.0. The Bertz CT molecular complexity index is 6010. The summed E-state index contributed by atoms with van der Waals surface area (Å²) in [5, 5.41) is 63.6. The maximum atomic E-state index is 12.9. The minimum Gasteiger partial charge on any atom is -0.461 e. The van der Waals surface area contributed by atoms with Crippen LogP contribution in [0.4, 0.5) is 0 Å². The molecule has 16 heterocycles. The van der Waals surface area contributed by atoms with Crippen molar-refractivity contribution in [3.8, 4) is 45.6 Å². The van der Waals surface area contributed by atoms with Crippen LogP contribution >= 0.6 is 22.7 Å². The Morgan fingerprint density at radius 2 is 0.557 bits per heavy atom. The summed E-state index contributed by atoms with van der Waals surface area (Å²) in [4.78, 5) is 170. The lowest BCUT2D eigenvalue weighted by Gasteiger charge is -2.05. The van der Waals surface area contributed by atoms with Crippen LogP contribution in [-0.2, 0) is 0 Å². The number of ketones is 12. The van der Waals surface area contributed by atoms with E-state index in [0.717, 1.165) is 9.46 Å². The average molecular weight is 1670 g/mol. The van der Waals surface area contributed by atoms with Crippen LogP contribution in [0.1, 0.15) is 124 Å². The maximum Gasteiger partial charge on any atom is 0.333 e. The van der Waals surface area contributed by atoms with E-state index in [0.29, 0.717) is 51.5 Å². The van der Waals surface area contributed by atoms with Gasteiger partial charge in [0, 0.05) is 126 Å². The molecule has 0 aliphatic heterocycles. The lowest BCUT2D eigenvalue weighted by atomic mass is 10.1. The van der Waals surface area contributed by atoms with Gasteiger partial charge in [0.25, 0.3) is 34.7 Å². The predicted molar refractivity (Wildman–Crippen MR) is 422 cm³/mol. The largest absolute Gasteiger partial charge is 0.461 e. The SMILES string of the molecule is O=C(C(=O)c1cccc(-c2cccc[n+]2O)[n+]1O)c1cccc(-c2cccc[n+]2O)[n+]1O.O=C(C(=O)c1cccc(-c2ccccn2)n1)c1cccc(-c2ccccn2)n1.O=C(C(=O)c1cccc[n+]1O)c1cccc[n+]1O.O=C(C(=O)c1ccccn1)c1ccccn1.O=C(C(=O)c1ccco1)c1ccco1.O=C(C(=O)c1cccs1)c1cccs1. The summed E-state index contributed by atoms with van der Waals surface area (Å²) in [6.07, 6.45) is 14.0. The van der Waals surface area contributed by atoms with E-state index in [1.54, 1.807) is 157 Å². The molecule has 0 aromatic carbocycles. The summed E-state index contributed by atoms with van der Waals surface area (Å²) in [7, 11) is 0. The van der Waals surface area contributed by atoms with Crippen molar-refractivity contribution in [1.29, 1.82) is 0 Å². The first-order chi connectivity index (χ1) is 59.1. The Hall–Kier alpha value is -17.4. The molecular formula is C88H62N12O20S2+6. The van der Waals surface area contributed by atoms with Gasteiger partial charge in [0.15, 0.2) is 11.5 Å². The average Bonchev–Trinajstić information content (AvgIpc) is 0.896. The van der Waals surface area contributed by atoms with Crippen LogP contribution in [0.25, 0.3) is 45.6 Å². The van der Waals surface area contributed by atoms with E-state index in [2.05, 4.69) is 29.9 Å². The molecule has 16 aromatic heterocycles. The predicted octanol–water partition coefficient (Wildman–Crippen LogP) is 10.0. The Morgan fingerprint density at radius 1 is 0.246 bits per heavy atom. The first kappa shape index (κ1) is 85.5. The van der Waals surface area contributed by atoms with Crippen molar-refractivity contribution in [1.82, 2.24) is 29.9 Å². The van der Waals surface area contributed by atoms with Crippen LogP contribution in [-0.4, -0.2) is 131 Å². The second-order valence-electron chi connectivity index (χ2n) is 24.5. The number of thiophene rings is 2. The molecule has 0 radical (unpaired) electrons. The van der Waals surface area contributed by atoms with Gasteiger partial charge in [-0.25, -0.2) is 9.97 Å². The van der Waals surface area contributed by atoms with Gasteiger partial charge >= 0.3 is 68.7 Å². The fraction of sp³-hybridized carbons (Fsp3) is 0. The number of pyridine rings is 12. The first-order valence-corrected chi connectivity index (χ1v) is 37.4. The van der Waals surface area contributed by atoms with Gasteiger partial charge in [-0.2, -0.15) is 0 Å². The van der Waals surface area contributed by atoms with Crippen LogP contribution in [0.2, 0.25) is 0 Å². The molecule has 122 heavy (non-hydrogen) atoms. The molecule has 0 aliphatic carbocycles. The Kier molecular flexibility index (Phi) is 28.9. The number of carbonyl (C=O) groups excluding carboxylic acids is 12. The second kappa shape index (κ2) is 41.2. The highest BCUT2D eigenvalue weighted by atomic mass is 32.1. The summed E-state index contributed by atoms with van der Waals surface area (Å²) in [6.45, 7) is 0. The maximum absolute atomic E-state index is 12.9. The zero-order chi connectivity index (χ0) is 86.6. The monoisotopic (exact) mass is 1670 g/mol. The summed E-state index contributed by atoms with van der Waals surface area (Å²) in [5.74, 6) is -8.93. The lowest BCUT2D eigenvalue weighted by Crippen LogP contribution is -2.48. The number of furan rings is 2. The Labute approximate surface area is 696 Å². The molecule has 0 fully saturated rings. The number of Topliss-reactive ketones (excluding diaryl/α,β-unsaturated/α-hetero) is 12. The third-order valence-corrected chi connectivity index (χ3v) is 18.3. The quantitative estimate of drug-likeness (QED) is 0.0159. The molecular weight excluding hydrogens is 1610 g/mol. The Balaban J connectivity index is 0.000000147. The van der Waals surface area contributed by atoms with Gasteiger partial charge in [-0.1, -0.05) is 48.5 Å². The minimum absolute atomic E-state index is 0.0198. The van der Waals surface area contributed by atoms with Crippen molar-refractivity contribution in [2.45, 2.75) is 0 Å². The molecule has 0 bridgehead atoms. The molecule has 0 atom stereocenters. The lowest BCUT2D eigenvalue weighted by molar-refractivity contribution is -0.919. The summed E-state index contributed by atoms with van der Waals surface area (Å²) in [5.41, 5.74) is 2.04. The number of hydrogen-bond donors (Lipinski definition) is 6. The molecule has 0 amide bonds. The van der Waals surface area contributed by atoms with Crippen LogP contribution in [0, 0.1) is 0 Å². The van der Waals surface area contributed by atoms with Crippen LogP contribution in [0.5, 0.6) is 0 Å². The Morgan fingerprint density at radius 3 is 0.885 bits per heavy atom. The second-order valence-corrected chi connectivity index (χ2v) is 26.4. The molecule has 0 unspecified atom stereocenters. The molecule has 0 aliphatic rings. The number of nitrogens with zero attached hydrogens (tertiary/aromatic N) is 12. The van der Waals surface area contributed by atoms with Crippen LogP contribution < -0.4 is 28.4 Å². The zero-order valence-corrected chi connectivity index (χ0v) is 64.5. The van der Waals surface area contributed by atoms with E-state index in [4.69, 9.17) is 8.83 Å². The first-order valence-electron chi connectivity index (χ1n) is 35.7. The van der Waals surface area contributed by atoms with Gasteiger partial charge in [0.05, 0.1) is 45.1 Å². The number of hydrogen-bond acceptors (Lipinski definition) is 28. The van der Waals surface area contributed by atoms with Crippen molar-refractivity contribution in [2.24, 2.45) is 0 Å². The van der Waals surface area contributed by atoms with Gasteiger partial charge in [-0.15, -0.1) is 22.7 Å². The normalized spacial score (nSPS) is 10.2. The minimum atomic E-state index is -1.10. The molecule has 34 heteroatoms. The third kappa shape index (κ3) is 21.4. The molecule has 16 rings (SSSR count). The number of rotatable bonds is 22. The summed E-state index contributed by atoms with van der Waals surface area (Å²) < 4.78 is 13.2. The highest BCUT2D eigenvalue weighted by molar-refractivity contribution is 7.15. The summed E-state index contributed by atoms with van der Waals surface area (Å²) in [6, 6.07) is 69.5. The highest BCUT2D eigenvalue weighted by Crippen LogP contribution is 2.21. The van der Waals surface area contributed by atoms with Crippen molar-refractivity contribution in [2.75, 3.05) is 0 Å². The fourth-order valence-electron chi connectivity index (χ4n) is 10.7. The van der Waals surface area contributed by atoms with E-state index in [1.165, 1.54) is 194 Å². The third-order valence-electron chi connectivity index (χ3n) is 16.6. The number of carbonyl (C=O) groups is 12. The van der Waals surface area contributed by atoms with Crippen LogP contribution in [0.15, 0.2) is 349 Å². The molecule has 0 saturated heterocycles. The van der Waals surface area contributed by atoms with Crippen molar-refractivity contribution < 1.29 is 126 Å². The summed E-state index contributed by atoms with van der Waals surface area (Å²) >= 11 is 2.58. The molecule has 0 spiro atoms. The smallest absolute Gasteiger partial charge is 0.333 e.